The highest BCUT2D eigenvalue weighted by molar-refractivity contribution is 9.10. The van der Waals surface area contributed by atoms with Crippen LogP contribution in [-0.2, 0) is 4.79 Å². The van der Waals surface area contributed by atoms with Crippen LogP contribution in [0.3, 0.4) is 0 Å². The molecule has 26 heavy (non-hydrogen) atoms. The highest BCUT2D eigenvalue weighted by Gasteiger charge is 2.13. The van der Waals surface area contributed by atoms with E-state index in [0.29, 0.717) is 5.56 Å². The molecule has 134 valence electrons. The zero-order valence-corrected chi connectivity index (χ0v) is 15.6. The molecule has 2 aromatic carbocycles. The second-order valence-electron chi connectivity index (χ2n) is 5.29. The van der Waals surface area contributed by atoms with Crippen molar-refractivity contribution in [3.63, 3.8) is 0 Å². The van der Waals surface area contributed by atoms with Crippen LogP contribution in [0.5, 0.6) is 0 Å². The smallest absolute Gasteiger partial charge is 0.267 e. The van der Waals surface area contributed by atoms with Crippen LogP contribution in [-0.4, -0.2) is 30.1 Å². The van der Waals surface area contributed by atoms with Crippen molar-refractivity contribution in [2.75, 3.05) is 13.2 Å². The quantitative estimate of drug-likeness (QED) is 0.481. The molecule has 5 nitrogen and oxygen atoms in total. The van der Waals surface area contributed by atoms with Crippen LogP contribution in [0.4, 0.5) is 0 Å². The molecule has 2 amide bonds. The molecule has 0 heterocycles. The van der Waals surface area contributed by atoms with Gasteiger partial charge in [0, 0.05) is 16.6 Å². The van der Waals surface area contributed by atoms with Crippen molar-refractivity contribution in [1.82, 2.24) is 10.6 Å². The Bertz CT molecular complexity index is 817. The monoisotopic (exact) mass is 414 g/mol. The van der Waals surface area contributed by atoms with E-state index in [0.717, 1.165) is 10.0 Å². The fourth-order valence-corrected chi connectivity index (χ4v) is 2.48. The van der Waals surface area contributed by atoms with E-state index in [2.05, 4.69) is 26.6 Å². The lowest BCUT2D eigenvalue weighted by molar-refractivity contribution is -0.117. The van der Waals surface area contributed by atoms with Crippen LogP contribution < -0.4 is 10.6 Å². The molecule has 0 bridgehead atoms. The first-order valence-electron chi connectivity index (χ1n) is 7.99. The van der Waals surface area contributed by atoms with Crippen LogP contribution in [0.15, 0.2) is 76.9 Å². The molecule has 0 saturated carbocycles. The number of benzene rings is 2. The largest absolute Gasteiger partial charge is 0.395 e. The minimum atomic E-state index is -0.472. The molecular formula is C20H19BrN2O3. The van der Waals surface area contributed by atoms with Gasteiger partial charge >= 0.3 is 0 Å². The second kappa shape index (κ2) is 10.3. The van der Waals surface area contributed by atoms with Crippen LogP contribution in [0.2, 0.25) is 0 Å². The minimum absolute atomic E-state index is 0.0932. The zero-order chi connectivity index (χ0) is 18.8. The van der Waals surface area contributed by atoms with Gasteiger partial charge in [-0.15, -0.1) is 0 Å². The normalized spacial score (nSPS) is 11.4. The first-order valence-corrected chi connectivity index (χ1v) is 8.79. The van der Waals surface area contributed by atoms with E-state index in [1.807, 2.05) is 42.5 Å². The molecule has 0 aliphatic heterocycles. The summed E-state index contributed by atoms with van der Waals surface area (Å²) in [6, 6.07) is 16.5. The van der Waals surface area contributed by atoms with E-state index < -0.39 is 11.8 Å². The fraction of sp³-hybridized carbons (Fsp3) is 0.100. The summed E-state index contributed by atoms with van der Waals surface area (Å²) in [5.41, 5.74) is 1.49. The van der Waals surface area contributed by atoms with E-state index in [1.54, 1.807) is 24.3 Å². The Labute approximate surface area is 160 Å². The number of carbonyl (C=O) groups is 2. The number of hydrogen-bond donors (Lipinski definition) is 3. The molecule has 0 fully saturated rings. The SMILES string of the molecule is O=C(NCCO)/C(=C\C=C\c1ccccc1)NC(=O)c1cccc(Br)c1. The summed E-state index contributed by atoms with van der Waals surface area (Å²) in [5.74, 6) is -0.870. The Kier molecular flexibility index (Phi) is 7.79. The molecular weight excluding hydrogens is 396 g/mol. The molecule has 3 N–H and O–H groups in total. The number of aliphatic hydroxyl groups is 1. The van der Waals surface area contributed by atoms with Crippen molar-refractivity contribution < 1.29 is 14.7 Å². The number of amides is 2. The third-order valence-corrected chi connectivity index (χ3v) is 3.82. The lowest BCUT2D eigenvalue weighted by Crippen LogP contribution is -2.36. The van der Waals surface area contributed by atoms with Gasteiger partial charge in [0.1, 0.15) is 5.70 Å². The Hall–Kier alpha value is -2.70. The van der Waals surface area contributed by atoms with Gasteiger partial charge in [-0.3, -0.25) is 9.59 Å². The average molecular weight is 415 g/mol. The minimum Gasteiger partial charge on any atom is -0.395 e. The Morgan fingerprint density at radius 1 is 1.08 bits per heavy atom. The number of nitrogens with one attached hydrogen (secondary N) is 2. The van der Waals surface area contributed by atoms with Crippen LogP contribution in [0.25, 0.3) is 6.08 Å². The van der Waals surface area contributed by atoms with Crippen LogP contribution in [0.1, 0.15) is 15.9 Å². The maximum Gasteiger partial charge on any atom is 0.267 e. The molecule has 2 aromatic rings. The standard InChI is InChI=1S/C20H19BrN2O3/c21-17-10-5-9-16(14-17)19(25)23-18(20(26)22-12-13-24)11-4-8-15-6-2-1-3-7-15/h1-11,14,24H,12-13H2,(H,22,26)(H,23,25)/b8-4+,18-11+. The Balaban J connectivity index is 2.17. The molecule has 0 spiro atoms. The van der Waals surface area contributed by atoms with Crippen molar-refractivity contribution in [3.05, 3.63) is 88.0 Å². The predicted molar refractivity (Wildman–Crippen MR) is 105 cm³/mol. The molecule has 2 rings (SSSR count). The number of carbonyl (C=O) groups excluding carboxylic acids is 2. The van der Waals surface area contributed by atoms with Gasteiger partial charge in [-0.25, -0.2) is 0 Å². The first-order chi connectivity index (χ1) is 12.6. The zero-order valence-electron chi connectivity index (χ0n) is 14.0. The van der Waals surface area contributed by atoms with Crippen molar-refractivity contribution in [2.45, 2.75) is 0 Å². The predicted octanol–water partition coefficient (Wildman–Crippen LogP) is 2.88. The highest BCUT2D eigenvalue weighted by Crippen LogP contribution is 2.12. The third kappa shape index (κ3) is 6.31. The van der Waals surface area contributed by atoms with E-state index >= 15 is 0 Å². The molecule has 0 aromatic heterocycles. The number of allylic oxidation sites excluding steroid dienone is 2. The topological polar surface area (TPSA) is 78.4 Å². The van der Waals surface area contributed by atoms with Crippen molar-refractivity contribution in [3.8, 4) is 0 Å². The Morgan fingerprint density at radius 3 is 2.54 bits per heavy atom. The molecule has 0 radical (unpaired) electrons. The maximum atomic E-state index is 12.4. The van der Waals surface area contributed by atoms with Crippen molar-refractivity contribution in [2.24, 2.45) is 0 Å². The van der Waals surface area contributed by atoms with Crippen LogP contribution >= 0.6 is 15.9 Å². The van der Waals surface area contributed by atoms with Crippen molar-refractivity contribution in [1.29, 1.82) is 0 Å². The first kappa shape index (κ1) is 19.6. The molecule has 0 aliphatic rings. The fourth-order valence-electron chi connectivity index (χ4n) is 2.08. The van der Waals surface area contributed by atoms with Gasteiger partial charge in [-0.05, 0) is 29.8 Å². The van der Waals surface area contributed by atoms with E-state index in [1.165, 1.54) is 6.08 Å². The molecule has 0 atom stereocenters. The average Bonchev–Trinajstić information content (AvgIpc) is 2.66. The van der Waals surface area contributed by atoms with Gasteiger partial charge in [0.05, 0.1) is 6.61 Å². The Morgan fingerprint density at radius 2 is 1.85 bits per heavy atom. The maximum absolute atomic E-state index is 12.4. The van der Waals surface area contributed by atoms with E-state index in [-0.39, 0.29) is 18.8 Å². The van der Waals surface area contributed by atoms with E-state index in [4.69, 9.17) is 5.11 Å². The summed E-state index contributed by atoms with van der Waals surface area (Å²) >= 11 is 3.31. The summed E-state index contributed by atoms with van der Waals surface area (Å²) in [4.78, 5) is 24.6. The summed E-state index contributed by atoms with van der Waals surface area (Å²) in [6.07, 6.45) is 5.03. The van der Waals surface area contributed by atoms with E-state index in [9.17, 15) is 9.59 Å². The van der Waals surface area contributed by atoms with Gasteiger partial charge in [-0.1, -0.05) is 64.5 Å². The number of halogens is 1. The molecule has 0 aliphatic carbocycles. The number of rotatable bonds is 7. The van der Waals surface area contributed by atoms with Crippen molar-refractivity contribution >= 4 is 33.8 Å². The number of hydrogen-bond acceptors (Lipinski definition) is 3. The lowest BCUT2D eigenvalue weighted by Gasteiger charge is -2.10. The van der Waals surface area contributed by atoms with Gasteiger partial charge in [-0.2, -0.15) is 0 Å². The molecule has 0 unspecified atom stereocenters. The number of aliphatic hydroxyl groups excluding tert-OH is 1. The highest BCUT2D eigenvalue weighted by atomic mass is 79.9. The third-order valence-electron chi connectivity index (χ3n) is 3.33. The summed E-state index contributed by atoms with van der Waals surface area (Å²) in [5, 5.41) is 14.0. The lowest BCUT2D eigenvalue weighted by atomic mass is 10.2. The summed E-state index contributed by atoms with van der Waals surface area (Å²) in [6.45, 7) is -0.0796. The van der Waals surface area contributed by atoms with Gasteiger partial charge < -0.3 is 15.7 Å². The van der Waals surface area contributed by atoms with Gasteiger partial charge in [0.2, 0.25) is 0 Å². The summed E-state index contributed by atoms with van der Waals surface area (Å²) in [7, 11) is 0. The van der Waals surface area contributed by atoms with Gasteiger partial charge in [0.15, 0.2) is 0 Å². The molecule has 6 heteroatoms. The second-order valence-corrected chi connectivity index (χ2v) is 6.21. The summed E-state index contributed by atoms with van der Waals surface area (Å²) < 4.78 is 0.768. The van der Waals surface area contributed by atoms with Crippen LogP contribution in [0, 0.1) is 0 Å². The van der Waals surface area contributed by atoms with Gasteiger partial charge in [0.25, 0.3) is 11.8 Å². The molecule has 0 saturated heterocycles.